The van der Waals surface area contributed by atoms with Crippen molar-refractivity contribution in [1.29, 1.82) is 0 Å². The number of thiol groups is 1. The molecule has 0 N–H and O–H groups in total. The third-order valence-electron chi connectivity index (χ3n) is 4.21. The molecule has 0 aromatic rings. The summed E-state index contributed by atoms with van der Waals surface area (Å²) in [5.74, 6) is 2.07. The maximum absolute atomic E-state index is 4.69. The molecular weight excluding hydrogens is 238 g/mol. The van der Waals surface area contributed by atoms with Crippen molar-refractivity contribution in [3.05, 3.63) is 0 Å². The summed E-state index contributed by atoms with van der Waals surface area (Å²) in [5.41, 5.74) is 0.469. The highest BCUT2D eigenvalue weighted by atomic mass is 32.1. The van der Waals surface area contributed by atoms with Crippen LogP contribution in [0.1, 0.15) is 65.7 Å². The molecule has 0 amide bonds. The number of nitrogens with zero attached hydrogens (tertiary/aromatic N) is 1. The van der Waals surface area contributed by atoms with Crippen LogP contribution in [0, 0.1) is 11.3 Å². The lowest BCUT2D eigenvalue weighted by Crippen LogP contribution is -2.40. The van der Waals surface area contributed by atoms with Gasteiger partial charge in [0.1, 0.15) is 0 Å². The molecule has 108 valence electrons. The van der Waals surface area contributed by atoms with Crippen LogP contribution in [-0.2, 0) is 0 Å². The van der Waals surface area contributed by atoms with Crippen LogP contribution < -0.4 is 0 Å². The van der Waals surface area contributed by atoms with Crippen molar-refractivity contribution in [2.24, 2.45) is 11.3 Å². The maximum atomic E-state index is 4.69. The minimum absolute atomic E-state index is 0.469. The number of hydrogen-bond acceptors (Lipinski definition) is 2. The normalized spacial score (nSPS) is 16.5. The second-order valence-electron chi connectivity index (χ2n) is 6.34. The summed E-state index contributed by atoms with van der Waals surface area (Å²) >= 11 is 4.69. The van der Waals surface area contributed by atoms with Crippen LogP contribution in [0.4, 0.5) is 0 Å². The van der Waals surface area contributed by atoms with Gasteiger partial charge in [-0.25, -0.2) is 0 Å². The summed E-state index contributed by atoms with van der Waals surface area (Å²) in [6.45, 7) is 10.8. The van der Waals surface area contributed by atoms with Gasteiger partial charge in [0.2, 0.25) is 0 Å². The lowest BCUT2D eigenvalue weighted by atomic mass is 9.80. The van der Waals surface area contributed by atoms with Gasteiger partial charge in [-0.2, -0.15) is 12.6 Å². The summed E-state index contributed by atoms with van der Waals surface area (Å²) in [5, 5.41) is 0. The van der Waals surface area contributed by atoms with Crippen LogP contribution in [0.3, 0.4) is 0 Å². The standard InChI is InChI=1S/C16H33NS/c1-4-9-16(14-18,10-5-2)13-17(11-6-3)12-15-7-8-15/h15,18H,4-14H2,1-3H3. The van der Waals surface area contributed by atoms with Crippen molar-refractivity contribution in [3.63, 3.8) is 0 Å². The van der Waals surface area contributed by atoms with Crippen molar-refractivity contribution in [2.45, 2.75) is 65.7 Å². The van der Waals surface area contributed by atoms with E-state index in [1.54, 1.807) is 0 Å². The van der Waals surface area contributed by atoms with Crippen LogP contribution in [0.15, 0.2) is 0 Å². The fourth-order valence-electron chi connectivity index (χ4n) is 3.24. The smallest absolute Gasteiger partial charge is 0.00459 e. The molecule has 1 aliphatic rings. The molecule has 0 aromatic heterocycles. The molecule has 0 radical (unpaired) electrons. The predicted molar refractivity (Wildman–Crippen MR) is 85.6 cm³/mol. The van der Waals surface area contributed by atoms with Gasteiger partial charge in [0.15, 0.2) is 0 Å². The lowest BCUT2D eigenvalue weighted by molar-refractivity contribution is 0.141. The predicted octanol–water partition coefficient (Wildman–Crippen LogP) is 4.62. The first kappa shape index (κ1) is 16.4. The molecule has 0 aromatic carbocycles. The van der Waals surface area contributed by atoms with E-state index in [1.807, 2.05) is 0 Å². The Labute approximate surface area is 120 Å². The summed E-state index contributed by atoms with van der Waals surface area (Å²) in [4.78, 5) is 2.74. The van der Waals surface area contributed by atoms with Gasteiger partial charge < -0.3 is 4.90 Å². The fourth-order valence-corrected chi connectivity index (χ4v) is 3.66. The molecule has 1 aliphatic carbocycles. The average molecular weight is 272 g/mol. The Hall–Kier alpha value is 0.310. The van der Waals surface area contributed by atoms with Crippen LogP contribution >= 0.6 is 12.6 Å². The molecule has 0 atom stereocenters. The molecule has 0 spiro atoms. The van der Waals surface area contributed by atoms with Gasteiger partial charge in [0.05, 0.1) is 0 Å². The van der Waals surface area contributed by atoms with Gasteiger partial charge in [0, 0.05) is 13.1 Å². The van der Waals surface area contributed by atoms with Gasteiger partial charge in [-0.15, -0.1) is 0 Å². The molecule has 1 nitrogen and oxygen atoms in total. The lowest BCUT2D eigenvalue weighted by Gasteiger charge is -2.37. The van der Waals surface area contributed by atoms with Crippen LogP contribution in [-0.4, -0.2) is 30.3 Å². The molecule has 0 unspecified atom stereocenters. The Balaban J connectivity index is 2.57. The molecular formula is C16H33NS. The van der Waals surface area contributed by atoms with Gasteiger partial charge >= 0.3 is 0 Å². The van der Waals surface area contributed by atoms with E-state index in [0.717, 1.165) is 11.7 Å². The second-order valence-corrected chi connectivity index (χ2v) is 6.65. The zero-order valence-corrected chi connectivity index (χ0v) is 13.6. The van der Waals surface area contributed by atoms with E-state index in [-0.39, 0.29) is 0 Å². The fraction of sp³-hybridized carbons (Fsp3) is 1.00. The molecule has 0 bridgehead atoms. The van der Waals surface area contributed by atoms with E-state index in [1.165, 1.54) is 64.6 Å². The Morgan fingerprint density at radius 3 is 2.06 bits per heavy atom. The van der Waals surface area contributed by atoms with Gasteiger partial charge in [-0.3, -0.25) is 0 Å². The second kappa shape index (κ2) is 8.47. The summed E-state index contributed by atoms with van der Waals surface area (Å²) in [6.07, 6.45) is 9.50. The molecule has 0 aliphatic heterocycles. The summed E-state index contributed by atoms with van der Waals surface area (Å²) in [7, 11) is 0. The average Bonchev–Trinajstić information content (AvgIpc) is 3.14. The highest BCUT2D eigenvalue weighted by molar-refractivity contribution is 7.80. The third-order valence-corrected chi connectivity index (χ3v) is 4.88. The Morgan fingerprint density at radius 2 is 1.67 bits per heavy atom. The van der Waals surface area contributed by atoms with E-state index in [0.29, 0.717) is 5.41 Å². The molecule has 1 saturated carbocycles. The molecule has 2 heteroatoms. The zero-order chi connectivity index (χ0) is 13.4. The van der Waals surface area contributed by atoms with Crippen molar-refractivity contribution >= 4 is 12.6 Å². The third kappa shape index (κ3) is 5.52. The largest absolute Gasteiger partial charge is 0.302 e. The van der Waals surface area contributed by atoms with E-state index in [4.69, 9.17) is 12.6 Å². The maximum Gasteiger partial charge on any atom is 0.00459 e. The number of hydrogen-bond donors (Lipinski definition) is 1. The van der Waals surface area contributed by atoms with Gasteiger partial charge in [0.25, 0.3) is 0 Å². The Bertz CT molecular complexity index is 207. The zero-order valence-electron chi connectivity index (χ0n) is 12.7. The van der Waals surface area contributed by atoms with Gasteiger partial charge in [-0.1, -0.05) is 33.6 Å². The van der Waals surface area contributed by atoms with Crippen LogP contribution in [0.25, 0.3) is 0 Å². The van der Waals surface area contributed by atoms with Crippen molar-refractivity contribution < 1.29 is 0 Å². The molecule has 18 heavy (non-hydrogen) atoms. The first-order valence-corrected chi connectivity index (χ1v) is 8.66. The van der Waals surface area contributed by atoms with Crippen molar-refractivity contribution in [2.75, 3.05) is 25.4 Å². The molecule has 0 heterocycles. The Morgan fingerprint density at radius 1 is 1.06 bits per heavy atom. The van der Waals surface area contributed by atoms with Crippen LogP contribution in [0.2, 0.25) is 0 Å². The summed E-state index contributed by atoms with van der Waals surface area (Å²) in [6, 6.07) is 0. The first-order chi connectivity index (χ1) is 8.69. The van der Waals surface area contributed by atoms with E-state index in [9.17, 15) is 0 Å². The monoisotopic (exact) mass is 271 g/mol. The minimum Gasteiger partial charge on any atom is -0.302 e. The molecule has 1 fully saturated rings. The van der Waals surface area contributed by atoms with Crippen molar-refractivity contribution in [1.82, 2.24) is 4.90 Å². The van der Waals surface area contributed by atoms with Crippen molar-refractivity contribution in [3.8, 4) is 0 Å². The highest BCUT2D eigenvalue weighted by Crippen LogP contribution is 2.35. The topological polar surface area (TPSA) is 3.24 Å². The van der Waals surface area contributed by atoms with E-state index in [2.05, 4.69) is 25.7 Å². The first-order valence-electron chi connectivity index (χ1n) is 8.03. The minimum atomic E-state index is 0.469. The highest BCUT2D eigenvalue weighted by Gasteiger charge is 2.31. The van der Waals surface area contributed by atoms with E-state index >= 15 is 0 Å². The molecule has 0 saturated heterocycles. The van der Waals surface area contributed by atoms with Gasteiger partial charge in [-0.05, 0) is 55.7 Å². The quantitative estimate of drug-likeness (QED) is 0.536. The number of rotatable bonds is 11. The summed E-state index contributed by atoms with van der Waals surface area (Å²) < 4.78 is 0. The van der Waals surface area contributed by atoms with Crippen LogP contribution in [0.5, 0.6) is 0 Å². The molecule has 1 rings (SSSR count). The Kier molecular flexibility index (Phi) is 7.70. The SMILES string of the molecule is CCCN(CC1CC1)CC(CS)(CCC)CCC. The van der Waals surface area contributed by atoms with E-state index < -0.39 is 0 Å².